The van der Waals surface area contributed by atoms with Crippen LogP contribution in [0.1, 0.15) is 31.4 Å². The van der Waals surface area contributed by atoms with Gasteiger partial charge in [0.1, 0.15) is 18.2 Å². The molecule has 35 heavy (non-hydrogen) atoms. The number of ether oxygens (including phenoxy) is 1. The van der Waals surface area contributed by atoms with Crippen LogP contribution in [-0.2, 0) is 11.4 Å². The van der Waals surface area contributed by atoms with Gasteiger partial charge < -0.3 is 10.1 Å². The Labute approximate surface area is 207 Å². The highest BCUT2D eigenvalue weighted by atomic mass is 32.2. The quantitative estimate of drug-likeness (QED) is 0.288. The van der Waals surface area contributed by atoms with Crippen LogP contribution < -0.4 is 10.1 Å². The van der Waals surface area contributed by atoms with Crippen LogP contribution in [0.4, 0.5) is 10.1 Å². The van der Waals surface area contributed by atoms with E-state index in [0.29, 0.717) is 28.8 Å². The van der Waals surface area contributed by atoms with E-state index in [1.54, 1.807) is 18.2 Å². The molecular weight excluding hydrogens is 463 g/mol. The monoisotopic (exact) mass is 488 g/mol. The minimum Gasteiger partial charge on any atom is -0.489 e. The average Bonchev–Trinajstić information content (AvgIpc) is 3.64. The van der Waals surface area contributed by atoms with Gasteiger partial charge in [-0.1, -0.05) is 54.2 Å². The van der Waals surface area contributed by atoms with Crippen molar-refractivity contribution in [3.8, 4) is 17.1 Å². The fourth-order valence-electron chi connectivity index (χ4n) is 3.68. The number of aromatic nitrogens is 3. The van der Waals surface area contributed by atoms with Crippen molar-refractivity contribution < 1.29 is 13.9 Å². The third-order valence-corrected chi connectivity index (χ3v) is 6.77. The Morgan fingerprint density at radius 2 is 1.77 bits per heavy atom. The number of nitrogens with zero attached hydrogens (tertiary/aromatic N) is 3. The van der Waals surface area contributed by atoms with E-state index in [0.717, 1.165) is 24.2 Å². The first-order valence-electron chi connectivity index (χ1n) is 11.5. The number of amides is 1. The van der Waals surface area contributed by atoms with Crippen molar-refractivity contribution >= 4 is 23.4 Å². The van der Waals surface area contributed by atoms with Crippen molar-refractivity contribution in [3.63, 3.8) is 0 Å². The predicted molar refractivity (Wildman–Crippen MR) is 135 cm³/mol. The largest absolute Gasteiger partial charge is 0.489 e. The Hall–Kier alpha value is -3.65. The molecule has 1 saturated carbocycles. The number of carbonyl (C=O) groups is 1. The molecule has 1 unspecified atom stereocenters. The van der Waals surface area contributed by atoms with Crippen LogP contribution >= 0.6 is 11.8 Å². The molecule has 0 bridgehead atoms. The summed E-state index contributed by atoms with van der Waals surface area (Å²) in [6, 6.07) is 24.0. The van der Waals surface area contributed by atoms with E-state index >= 15 is 0 Å². The second kappa shape index (κ2) is 10.3. The summed E-state index contributed by atoms with van der Waals surface area (Å²) in [4.78, 5) is 12.9. The molecular formula is C27H25FN4O2S. The zero-order chi connectivity index (χ0) is 24.2. The van der Waals surface area contributed by atoms with Crippen LogP contribution in [0, 0.1) is 5.82 Å². The van der Waals surface area contributed by atoms with Crippen molar-refractivity contribution in [2.24, 2.45) is 0 Å². The van der Waals surface area contributed by atoms with Crippen molar-refractivity contribution in [2.45, 2.75) is 42.8 Å². The Kier molecular flexibility index (Phi) is 6.81. The second-order valence-electron chi connectivity index (χ2n) is 8.44. The topological polar surface area (TPSA) is 69.0 Å². The van der Waals surface area contributed by atoms with Gasteiger partial charge >= 0.3 is 0 Å². The molecule has 1 atom stereocenters. The first kappa shape index (κ1) is 23.1. The summed E-state index contributed by atoms with van der Waals surface area (Å²) >= 11 is 1.33. The minimum absolute atomic E-state index is 0.147. The Balaban J connectivity index is 1.22. The lowest BCUT2D eigenvalue weighted by Crippen LogP contribution is -2.23. The minimum atomic E-state index is -0.417. The van der Waals surface area contributed by atoms with E-state index in [4.69, 9.17) is 4.74 Å². The molecule has 5 rings (SSSR count). The number of benzene rings is 3. The second-order valence-corrected chi connectivity index (χ2v) is 9.74. The summed E-state index contributed by atoms with van der Waals surface area (Å²) in [6.45, 7) is 2.31. The molecule has 0 saturated heterocycles. The normalized spacial score (nSPS) is 13.9. The van der Waals surface area contributed by atoms with E-state index in [2.05, 4.69) is 15.5 Å². The van der Waals surface area contributed by atoms with Gasteiger partial charge in [0.25, 0.3) is 0 Å². The fourth-order valence-corrected chi connectivity index (χ4v) is 4.60. The molecule has 8 heteroatoms. The van der Waals surface area contributed by atoms with Crippen LogP contribution in [0.2, 0.25) is 0 Å². The number of rotatable bonds is 9. The third-order valence-electron chi connectivity index (χ3n) is 5.71. The maximum atomic E-state index is 14.4. The van der Waals surface area contributed by atoms with Gasteiger partial charge in [0.15, 0.2) is 11.0 Å². The van der Waals surface area contributed by atoms with Crippen LogP contribution in [-0.4, -0.2) is 25.9 Å². The molecule has 0 radical (unpaired) electrons. The predicted octanol–water partition coefficient (Wildman–Crippen LogP) is 6.12. The standard InChI is InChI=1S/C27H25FN4O2S/c1-18(26(33)29-20-11-15-22(16-12-20)34-17-19-7-3-2-4-8-19)35-27-31-30-25(32(27)21-13-14-21)23-9-5-6-10-24(23)28/h2-12,15-16,18,21H,13-14,17H2,1H3,(H,29,33). The van der Waals surface area contributed by atoms with Gasteiger partial charge in [-0.15, -0.1) is 10.2 Å². The molecule has 178 valence electrons. The summed E-state index contributed by atoms with van der Waals surface area (Å²) in [5.74, 6) is 0.755. The van der Waals surface area contributed by atoms with Crippen molar-refractivity contribution in [2.75, 3.05) is 5.32 Å². The molecule has 1 amide bonds. The number of halogens is 1. The maximum Gasteiger partial charge on any atom is 0.237 e. The van der Waals surface area contributed by atoms with Crippen molar-refractivity contribution in [1.29, 1.82) is 0 Å². The first-order valence-corrected chi connectivity index (χ1v) is 12.4. The van der Waals surface area contributed by atoms with Crippen LogP contribution in [0.3, 0.4) is 0 Å². The molecule has 1 aliphatic rings. The van der Waals surface area contributed by atoms with Gasteiger partial charge in [-0.3, -0.25) is 9.36 Å². The van der Waals surface area contributed by atoms with Crippen molar-refractivity contribution in [3.05, 3.63) is 90.2 Å². The van der Waals surface area contributed by atoms with Crippen molar-refractivity contribution in [1.82, 2.24) is 14.8 Å². The average molecular weight is 489 g/mol. The number of nitrogens with one attached hydrogen (secondary N) is 1. The van der Waals surface area contributed by atoms with E-state index in [-0.39, 0.29) is 17.8 Å². The summed E-state index contributed by atoms with van der Waals surface area (Å²) in [7, 11) is 0. The zero-order valence-corrected chi connectivity index (χ0v) is 20.0. The summed E-state index contributed by atoms with van der Waals surface area (Å²) in [6.07, 6.45) is 1.98. The highest BCUT2D eigenvalue weighted by molar-refractivity contribution is 8.00. The molecule has 3 aromatic carbocycles. The molecule has 4 aromatic rings. The summed E-state index contributed by atoms with van der Waals surface area (Å²) in [5.41, 5.74) is 2.20. The Morgan fingerprint density at radius 3 is 2.49 bits per heavy atom. The molecule has 1 heterocycles. The SMILES string of the molecule is CC(Sc1nnc(-c2ccccc2F)n1C1CC1)C(=O)Nc1ccc(OCc2ccccc2)cc1. The van der Waals surface area contributed by atoms with Gasteiger partial charge in [0, 0.05) is 11.7 Å². The van der Waals surface area contributed by atoms with Gasteiger partial charge in [-0.05, 0) is 61.7 Å². The molecule has 6 nitrogen and oxygen atoms in total. The lowest BCUT2D eigenvalue weighted by Gasteiger charge is -2.14. The lowest BCUT2D eigenvalue weighted by molar-refractivity contribution is -0.115. The smallest absolute Gasteiger partial charge is 0.237 e. The van der Waals surface area contributed by atoms with Crippen LogP contribution in [0.25, 0.3) is 11.4 Å². The number of thioether (sulfide) groups is 1. The Morgan fingerprint density at radius 1 is 1.06 bits per heavy atom. The highest BCUT2D eigenvalue weighted by Gasteiger charge is 2.32. The van der Waals surface area contributed by atoms with Crippen LogP contribution in [0.5, 0.6) is 5.75 Å². The van der Waals surface area contributed by atoms with Gasteiger partial charge in [-0.2, -0.15) is 0 Å². The summed E-state index contributed by atoms with van der Waals surface area (Å²) in [5, 5.41) is 11.7. The fraction of sp³-hybridized carbons (Fsp3) is 0.222. The number of hydrogen-bond donors (Lipinski definition) is 1. The van der Waals surface area contributed by atoms with E-state index in [1.807, 2.05) is 66.1 Å². The van der Waals surface area contributed by atoms with Crippen LogP contribution in [0.15, 0.2) is 84.0 Å². The molecule has 1 aliphatic carbocycles. The molecule has 0 spiro atoms. The van der Waals surface area contributed by atoms with Gasteiger partial charge in [0.05, 0.1) is 10.8 Å². The van der Waals surface area contributed by atoms with E-state index in [9.17, 15) is 9.18 Å². The summed E-state index contributed by atoms with van der Waals surface area (Å²) < 4.78 is 22.2. The molecule has 1 N–H and O–H groups in total. The lowest BCUT2D eigenvalue weighted by atomic mass is 10.2. The zero-order valence-electron chi connectivity index (χ0n) is 19.2. The number of anilines is 1. The molecule has 1 aromatic heterocycles. The van der Waals surface area contributed by atoms with E-state index in [1.165, 1.54) is 17.8 Å². The number of hydrogen-bond acceptors (Lipinski definition) is 5. The first-order chi connectivity index (χ1) is 17.1. The molecule has 1 fully saturated rings. The third kappa shape index (κ3) is 5.54. The molecule has 0 aliphatic heterocycles. The number of carbonyl (C=O) groups excluding carboxylic acids is 1. The maximum absolute atomic E-state index is 14.4. The van der Waals surface area contributed by atoms with Gasteiger partial charge in [-0.25, -0.2) is 4.39 Å². The highest BCUT2D eigenvalue weighted by Crippen LogP contribution is 2.42. The van der Waals surface area contributed by atoms with Gasteiger partial charge in [0.2, 0.25) is 5.91 Å². The van der Waals surface area contributed by atoms with E-state index < -0.39 is 5.25 Å². The Bertz CT molecular complexity index is 1310.